The summed E-state index contributed by atoms with van der Waals surface area (Å²) in [4.78, 5) is 14.8. The minimum Gasteiger partial charge on any atom is -0.343 e. The van der Waals surface area contributed by atoms with Gasteiger partial charge in [0.2, 0.25) is 15.9 Å². The van der Waals surface area contributed by atoms with E-state index >= 15 is 0 Å². The minimum atomic E-state index is -3.36. The van der Waals surface area contributed by atoms with E-state index in [0.717, 1.165) is 50.9 Å². The molecular weight excluding hydrogens is 362 g/mol. The summed E-state index contributed by atoms with van der Waals surface area (Å²) < 4.78 is 26.7. The number of nitrogens with one attached hydrogen (secondary N) is 1. The van der Waals surface area contributed by atoms with Crippen LogP contribution in [-0.4, -0.2) is 63.3 Å². The normalized spacial score (nSPS) is 19.5. The average Bonchev–Trinajstić information content (AvgIpc) is 3.23. The van der Waals surface area contributed by atoms with Gasteiger partial charge in [-0.25, -0.2) is 8.42 Å². The van der Waals surface area contributed by atoms with Crippen LogP contribution in [0.5, 0.6) is 0 Å². The van der Waals surface area contributed by atoms with Gasteiger partial charge in [-0.2, -0.15) is 4.31 Å². The van der Waals surface area contributed by atoms with E-state index in [2.05, 4.69) is 5.32 Å². The lowest BCUT2D eigenvalue weighted by atomic mass is 9.96. The third-order valence-electron chi connectivity index (χ3n) is 5.71. The van der Waals surface area contributed by atoms with Crippen LogP contribution >= 0.6 is 0 Å². The van der Waals surface area contributed by atoms with Crippen molar-refractivity contribution in [1.82, 2.24) is 14.5 Å². The number of hydrogen-bond donors (Lipinski definition) is 1. The van der Waals surface area contributed by atoms with Gasteiger partial charge in [0.1, 0.15) is 0 Å². The molecule has 2 saturated heterocycles. The fourth-order valence-electron chi connectivity index (χ4n) is 3.99. The second kappa shape index (κ2) is 9.17. The highest BCUT2D eigenvalue weighted by molar-refractivity contribution is 7.89. The fraction of sp³-hybridized carbons (Fsp3) is 0.650. The number of amides is 1. The molecule has 3 rings (SSSR count). The van der Waals surface area contributed by atoms with E-state index in [0.29, 0.717) is 36.7 Å². The number of rotatable bonds is 7. The van der Waals surface area contributed by atoms with Gasteiger partial charge < -0.3 is 10.2 Å². The zero-order valence-corrected chi connectivity index (χ0v) is 17.0. The maximum Gasteiger partial charge on any atom is 0.243 e. The maximum atomic E-state index is 12.6. The SMILES string of the molecule is CNCC1CCN(C(=O)CCc2ccc(S(=O)(=O)N3CCCC3)cc2)CC1. The molecule has 1 amide bonds. The molecule has 0 radical (unpaired) electrons. The molecule has 1 N–H and O–H groups in total. The number of aryl methyl sites for hydroxylation is 1. The number of benzene rings is 1. The van der Waals surface area contributed by atoms with Crippen LogP contribution in [0.15, 0.2) is 29.2 Å². The predicted molar refractivity (Wildman–Crippen MR) is 106 cm³/mol. The van der Waals surface area contributed by atoms with Crippen LogP contribution in [0.1, 0.15) is 37.7 Å². The van der Waals surface area contributed by atoms with Crippen LogP contribution in [0.4, 0.5) is 0 Å². The van der Waals surface area contributed by atoms with E-state index < -0.39 is 10.0 Å². The molecular formula is C20H31N3O3S. The van der Waals surface area contributed by atoms with E-state index in [1.165, 1.54) is 0 Å². The molecule has 6 nitrogen and oxygen atoms in total. The zero-order valence-electron chi connectivity index (χ0n) is 16.2. The fourth-order valence-corrected chi connectivity index (χ4v) is 5.51. The Balaban J connectivity index is 1.49. The van der Waals surface area contributed by atoms with Crippen LogP contribution in [0.25, 0.3) is 0 Å². The van der Waals surface area contributed by atoms with Gasteiger partial charge in [0.15, 0.2) is 0 Å². The van der Waals surface area contributed by atoms with Gasteiger partial charge in [0.25, 0.3) is 0 Å². The summed E-state index contributed by atoms with van der Waals surface area (Å²) >= 11 is 0. The smallest absolute Gasteiger partial charge is 0.243 e. The summed E-state index contributed by atoms with van der Waals surface area (Å²) in [5, 5.41) is 3.21. The first-order valence-corrected chi connectivity index (χ1v) is 11.5. The van der Waals surface area contributed by atoms with Crippen LogP contribution in [0.3, 0.4) is 0 Å². The second-order valence-corrected chi connectivity index (χ2v) is 9.57. The Bertz CT molecular complexity index is 719. The molecule has 1 aromatic rings. The molecule has 0 unspecified atom stereocenters. The van der Waals surface area contributed by atoms with E-state index in [4.69, 9.17) is 0 Å². The van der Waals surface area contributed by atoms with Gasteiger partial charge in [-0.05, 0) is 69.3 Å². The lowest BCUT2D eigenvalue weighted by Gasteiger charge is -2.32. The Morgan fingerprint density at radius 3 is 2.30 bits per heavy atom. The third kappa shape index (κ3) is 5.09. The number of carbonyl (C=O) groups excluding carboxylic acids is 1. The van der Waals surface area contributed by atoms with E-state index in [-0.39, 0.29) is 5.91 Å². The number of nitrogens with zero attached hydrogens (tertiary/aromatic N) is 2. The summed E-state index contributed by atoms with van der Waals surface area (Å²) in [6.07, 6.45) is 5.14. The number of hydrogen-bond acceptors (Lipinski definition) is 4. The number of carbonyl (C=O) groups is 1. The number of sulfonamides is 1. The summed E-state index contributed by atoms with van der Waals surface area (Å²) in [5.74, 6) is 0.871. The number of piperidine rings is 1. The highest BCUT2D eigenvalue weighted by atomic mass is 32.2. The molecule has 0 aliphatic carbocycles. The predicted octanol–water partition coefficient (Wildman–Crippen LogP) is 1.86. The van der Waals surface area contributed by atoms with Gasteiger partial charge in [-0.15, -0.1) is 0 Å². The molecule has 0 bridgehead atoms. The lowest BCUT2D eigenvalue weighted by molar-refractivity contribution is -0.132. The van der Waals surface area contributed by atoms with Gasteiger partial charge in [-0.3, -0.25) is 4.79 Å². The van der Waals surface area contributed by atoms with Crippen molar-refractivity contribution < 1.29 is 13.2 Å². The Kier molecular flexibility index (Phi) is 6.89. The summed E-state index contributed by atoms with van der Waals surface area (Å²) in [6.45, 7) is 3.94. The van der Waals surface area contributed by atoms with Gasteiger partial charge in [0.05, 0.1) is 4.90 Å². The summed E-state index contributed by atoms with van der Waals surface area (Å²) in [5.41, 5.74) is 1.01. The Labute approximate surface area is 163 Å². The summed E-state index contributed by atoms with van der Waals surface area (Å²) in [7, 11) is -1.39. The first-order valence-electron chi connectivity index (χ1n) is 10.0. The maximum absolute atomic E-state index is 12.6. The quantitative estimate of drug-likeness (QED) is 0.768. The van der Waals surface area contributed by atoms with E-state index in [1.807, 2.05) is 24.1 Å². The molecule has 27 heavy (non-hydrogen) atoms. The monoisotopic (exact) mass is 393 g/mol. The van der Waals surface area contributed by atoms with E-state index in [9.17, 15) is 13.2 Å². The van der Waals surface area contributed by atoms with Crippen molar-refractivity contribution in [2.24, 2.45) is 5.92 Å². The first-order chi connectivity index (χ1) is 13.0. The molecule has 1 aromatic carbocycles. The van der Waals surface area contributed by atoms with Crippen molar-refractivity contribution in [3.63, 3.8) is 0 Å². The third-order valence-corrected chi connectivity index (χ3v) is 7.63. The molecule has 0 atom stereocenters. The lowest BCUT2D eigenvalue weighted by Crippen LogP contribution is -2.40. The zero-order chi connectivity index (χ0) is 19.3. The topological polar surface area (TPSA) is 69.7 Å². The standard InChI is InChI=1S/C20H31N3O3S/c1-21-16-18-10-14-22(15-11-18)20(24)9-6-17-4-7-19(8-5-17)27(25,26)23-12-2-3-13-23/h4-5,7-8,18,21H,2-3,6,9-16H2,1H3. The molecule has 2 heterocycles. The van der Waals surface area contributed by atoms with E-state index in [1.54, 1.807) is 16.4 Å². The molecule has 0 saturated carbocycles. The molecule has 2 aliphatic heterocycles. The Morgan fingerprint density at radius 1 is 1.07 bits per heavy atom. The van der Waals surface area contributed by atoms with Gasteiger partial charge in [-0.1, -0.05) is 12.1 Å². The van der Waals surface area contributed by atoms with Crippen LogP contribution in [0, 0.1) is 5.92 Å². The van der Waals surface area contributed by atoms with Crippen LogP contribution in [0.2, 0.25) is 0 Å². The average molecular weight is 394 g/mol. The first kappa shape index (κ1) is 20.3. The van der Waals surface area contributed by atoms with Crippen molar-refractivity contribution in [3.8, 4) is 0 Å². The van der Waals surface area contributed by atoms with Crippen molar-refractivity contribution in [2.75, 3.05) is 39.8 Å². The van der Waals surface area contributed by atoms with Crippen molar-refractivity contribution in [1.29, 1.82) is 0 Å². The largest absolute Gasteiger partial charge is 0.343 e. The number of likely N-dealkylation sites (tertiary alicyclic amines) is 1. The van der Waals surface area contributed by atoms with Crippen LogP contribution in [-0.2, 0) is 21.2 Å². The molecule has 7 heteroatoms. The molecule has 0 aromatic heterocycles. The highest BCUT2D eigenvalue weighted by Crippen LogP contribution is 2.22. The van der Waals surface area contributed by atoms with Crippen molar-refractivity contribution in [2.45, 2.75) is 43.4 Å². The highest BCUT2D eigenvalue weighted by Gasteiger charge is 2.27. The Morgan fingerprint density at radius 2 is 1.70 bits per heavy atom. The Hall–Kier alpha value is -1.44. The molecule has 2 aliphatic rings. The minimum absolute atomic E-state index is 0.201. The molecule has 150 valence electrons. The molecule has 0 spiro atoms. The van der Waals surface area contributed by atoms with Gasteiger partial charge in [0, 0.05) is 32.6 Å². The van der Waals surface area contributed by atoms with Crippen molar-refractivity contribution in [3.05, 3.63) is 29.8 Å². The van der Waals surface area contributed by atoms with Gasteiger partial charge >= 0.3 is 0 Å². The molecule has 2 fully saturated rings. The van der Waals surface area contributed by atoms with Crippen molar-refractivity contribution >= 4 is 15.9 Å². The second-order valence-electron chi connectivity index (χ2n) is 7.64. The summed E-state index contributed by atoms with van der Waals surface area (Å²) in [6, 6.07) is 7.04. The van der Waals surface area contributed by atoms with Crippen LogP contribution < -0.4 is 5.32 Å².